The maximum atomic E-state index is 4.51. The summed E-state index contributed by atoms with van der Waals surface area (Å²) in [6.45, 7) is 4.37. The van der Waals surface area contributed by atoms with Gasteiger partial charge in [0, 0.05) is 58.1 Å². The molecule has 6 aromatic rings. The summed E-state index contributed by atoms with van der Waals surface area (Å²) in [5.74, 6) is 6.70. The van der Waals surface area contributed by atoms with Crippen LogP contribution in [0, 0.1) is 22.9 Å². The van der Waals surface area contributed by atoms with Gasteiger partial charge in [0.1, 0.15) is 11.3 Å². The summed E-state index contributed by atoms with van der Waals surface area (Å²) < 4.78 is 4.19. The van der Waals surface area contributed by atoms with Gasteiger partial charge >= 0.3 is 0 Å². The highest BCUT2D eigenvalue weighted by atomic mass is 28.3. The van der Waals surface area contributed by atoms with Crippen LogP contribution in [0.2, 0.25) is 13.1 Å². The number of nitrogens with zero attached hydrogens (tertiary/aromatic N) is 4. The fourth-order valence-corrected chi connectivity index (χ4v) is 5.22. The number of benzene rings is 2. The highest BCUT2D eigenvalue weighted by Gasteiger charge is 2.14. The Hall–Kier alpha value is -4.84. The Morgan fingerprint density at radius 1 is 0.568 bits per heavy atom. The van der Waals surface area contributed by atoms with Gasteiger partial charge in [-0.2, -0.15) is 0 Å². The fraction of sp³-hybridized carbons (Fsp3) is 0.0625. The lowest BCUT2D eigenvalue weighted by atomic mass is 10.2. The average molecular weight is 493 g/mol. The Kier molecular flexibility index (Phi) is 5.69. The zero-order chi connectivity index (χ0) is 25.2. The molecule has 0 aliphatic rings. The van der Waals surface area contributed by atoms with E-state index in [2.05, 4.69) is 128 Å². The van der Waals surface area contributed by atoms with Crippen molar-refractivity contribution in [1.29, 1.82) is 0 Å². The third-order valence-electron chi connectivity index (χ3n) is 6.23. The van der Waals surface area contributed by atoms with Crippen molar-refractivity contribution in [2.75, 3.05) is 0 Å². The quantitative estimate of drug-likeness (QED) is 0.203. The number of rotatable bonds is 2. The van der Waals surface area contributed by atoms with Crippen molar-refractivity contribution in [1.82, 2.24) is 19.1 Å². The molecule has 0 saturated heterocycles. The van der Waals surface area contributed by atoms with Gasteiger partial charge in [-0.25, -0.2) is 9.97 Å². The molecule has 6 rings (SSSR count). The molecule has 0 atom stereocenters. The second-order valence-electron chi connectivity index (χ2n) is 9.42. The van der Waals surface area contributed by atoms with Crippen molar-refractivity contribution in [3.63, 3.8) is 0 Å². The maximum absolute atomic E-state index is 4.51. The van der Waals surface area contributed by atoms with Crippen molar-refractivity contribution in [3.05, 3.63) is 121 Å². The summed E-state index contributed by atoms with van der Waals surface area (Å²) in [4.78, 5) is 9.01. The summed E-state index contributed by atoms with van der Waals surface area (Å²) in [6, 6.07) is 28.8. The van der Waals surface area contributed by atoms with Crippen LogP contribution in [0.3, 0.4) is 0 Å². The zero-order valence-electron chi connectivity index (χ0n) is 20.7. The maximum Gasteiger partial charge on any atom is 0.211 e. The van der Waals surface area contributed by atoms with E-state index in [4.69, 9.17) is 0 Å². The molecule has 0 fully saturated rings. The van der Waals surface area contributed by atoms with Crippen molar-refractivity contribution >= 4 is 30.1 Å². The summed E-state index contributed by atoms with van der Waals surface area (Å²) >= 11 is 0. The molecule has 176 valence electrons. The molecule has 0 N–H and O–H groups in total. The van der Waals surface area contributed by atoms with E-state index in [0.717, 1.165) is 44.6 Å². The van der Waals surface area contributed by atoms with Crippen LogP contribution in [0.4, 0.5) is 0 Å². The first-order chi connectivity index (χ1) is 18.1. The van der Waals surface area contributed by atoms with Gasteiger partial charge in [0.2, 0.25) is 8.07 Å². The zero-order valence-corrected chi connectivity index (χ0v) is 21.7. The topological polar surface area (TPSA) is 35.6 Å². The van der Waals surface area contributed by atoms with E-state index in [1.165, 1.54) is 0 Å². The van der Waals surface area contributed by atoms with Gasteiger partial charge in [-0.15, -0.1) is 11.1 Å². The Morgan fingerprint density at radius 3 is 1.43 bits per heavy atom. The normalized spacial score (nSPS) is 11.1. The molecule has 4 heterocycles. The molecule has 2 aromatic carbocycles. The Bertz CT molecular complexity index is 1710. The van der Waals surface area contributed by atoms with Crippen molar-refractivity contribution in [2.24, 2.45) is 0 Å². The van der Waals surface area contributed by atoms with Gasteiger partial charge in [0.15, 0.2) is 0 Å². The monoisotopic (exact) mass is 492 g/mol. The van der Waals surface area contributed by atoms with E-state index in [1.54, 1.807) is 0 Å². The third kappa shape index (κ3) is 4.69. The van der Waals surface area contributed by atoms with Gasteiger partial charge in [-0.3, -0.25) is 0 Å². The molecule has 0 aliphatic heterocycles. The summed E-state index contributed by atoms with van der Waals surface area (Å²) in [6.07, 6.45) is 7.74. The molecule has 0 radical (unpaired) electrons. The summed E-state index contributed by atoms with van der Waals surface area (Å²) in [5, 5.41) is 2.25. The van der Waals surface area contributed by atoms with E-state index >= 15 is 0 Å². The van der Waals surface area contributed by atoms with Gasteiger partial charge in [0.25, 0.3) is 0 Å². The van der Waals surface area contributed by atoms with Gasteiger partial charge in [-0.1, -0.05) is 11.8 Å². The molecular weight excluding hydrogens is 468 g/mol. The molecule has 0 saturated carbocycles. The number of hydrogen-bond acceptors (Lipinski definition) is 2. The van der Waals surface area contributed by atoms with Crippen LogP contribution >= 0.6 is 0 Å². The lowest BCUT2D eigenvalue weighted by Gasteiger charge is -2.06. The van der Waals surface area contributed by atoms with Gasteiger partial charge < -0.3 is 9.13 Å². The summed E-state index contributed by atoms with van der Waals surface area (Å²) in [5.41, 5.74) is 13.0. The van der Waals surface area contributed by atoms with Crippen LogP contribution in [-0.2, 0) is 0 Å². The number of aromatic nitrogens is 4. The first kappa shape index (κ1) is 22.6. The molecule has 4 nitrogen and oxygen atoms in total. The molecule has 0 aliphatic carbocycles. The molecule has 5 heteroatoms. The van der Waals surface area contributed by atoms with E-state index in [-0.39, 0.29) is 0 Å². The number of pyridine rings is 2. The van der Waals surface area contributed by atoms with Crippen LogP contribution in [0.15, 0.2) is 110 Å². The second kappa shape index (κ2) is 9.31. The predicted octanol–water partition coefficient (Wildman–Crippen LogP) is 6.55. The first-order valence-corrected chi connectivity index (χ1v) is 15.2. The largest absolute Gasteiger partial charge is 0.301 e. The minimum absolute atomic E-state index is 0.955. The minimum Gasteiger partial charge on any atom is -0.301 e. The van der Waals surface area contributed by atoms with Crippen LogP contribution in [0.1, 0.15) is 11.1 Å². The molecule has 37 heavy (non-hydrogen) atoms. The minimum atomic E-state index is -2.03. The molecule has 0 amide bonds. The van der Waals surface area contributed by atoms with Crippen LogP contribution in [-0.4, -0.2) is 27.2 Å². The van der Waals surface area contributed by atoms with Gasteiger partial charge in [-0.05, 0) is 98.0 Å². The number of hydrogen-bond donors (Lipinski definition) is 0. The third-order valence-corrected chi connectivity index (χ3v) is 7.73. The number of fused-ring (bicyclic) bond motifs is 2. The highest BCUT2D eigenvalue weighted by Crippen LogP contribution is 2.20. The smallest absolute Gasteiger partial charge is 0.211 e. The van der Waals surface area contributed by atoms with Gasteiger partial charge in [0.05, 0.1) is 0 Å². The van der Waals surface area contributed by atoms with Crippen molar-refractivity contribution in [3.8, 4) is 34.3 Å². The molecule has 0 spiro atoms. The van der Waals surface area contributed by atoms with Crippen LogP contribution in [0.5, 0.6) is 0 Å². The Balaban J connectivity index is 1.17. The van der Waals surface area contributed by atoms with Crippen LogP contribution < -0.4 is 0 Å². The standard InChI is InChI=1S/C32H24N4Si/c1-37(2,23-17-25-7-11-29(12-8-25)35-21-15-27-5-3-19-33-31(27)35)24-18-26-9-13-30(14-10-26)36-22-16-28-6-4-20-34-32(28)36/h3-16,19-22H,1-2H3. The van der Waals surface area contributed by atoms with Crippen molar-refractivity contribution in [2.45, 2.75) is 13.1 Å². The van der Waals surface area contributed by atoms with Crippen molar-refractivity contribution < 1.29 is 0 Å². The molecule has 0 bridgehead atoms. The highest BCUT2D eigenvalue weighted by molar-refractivity contribution is 6.92. The Labute approximate surface area is 217 Å². The Morgan fingerprint density at radius 2 is 1.00 bits per heavy atom. The van der Waals surface area contributed by atoms with E-state index in [9.17, 15) is 0 Å². The summed E-state index contributed by atoms with van der Waals surface area (Å²) in [7, 11) is -2.03. The van der Waals surface area contributed by atoms with E-state index in [0.29, 0.717) is 0 Å². The molecule has 0 unspecified atom stereocenters. The lowest BCUT2D eigenvalue weighted by Crippen LogP contribution is -2.21. The van der Waals surface area contributed by atoms with E-state index in [1.807, 2.05) is 36.9 Å². The molecular formula is C32H24N4Si. The average Bonchev–Trinajstić information content (AvgIpc) is 3.56. The predicted molar refractivity (Wildman–Crippen MR) is 153 cm³/mol. The second-order valence-corrected chi connectivity index (χ2v) is 13.2. The molecule has 4 aromatic heterocycles. The SMILES string of the molecule is C[Si](C)(C#Cc1ccc(-n2ccc3cccnc32)cc1)C#Cc1ccc(-n2ccc3cccnc32)cc1. The lowest BCUT2D eigenvalue weighted by molar-refractivity contribution is 1.09. The van der Waals surface area contributed by atoms with E-state index < -0.39 is 8.07 Å². The van der Waals surface area contributed by atoms with Crippen LogP contribution in [0.25, 0.3) is 33.4 Å². The first-order valence-electron chi connectivity index (χ1n) is 12.2. The fourth-order valence-electron chi connectivity index (χ4n) is 4.25.